The van der Waals surface area contributed by atoms with Crippen molar-refractivity contribution in [1.29, 1.82) is 0 Å². The van der Waals surface area contributed by atoms with E-state index in [0.29, 0.717) is 17.1 Å². The normalized spacial score (nSPS) is 15.4. The lowest BCUT2D eigenvalue weighted by atomic mass is 10.0. The highest BCUT2D eigenvalue weighted by Crippen LogP contribution is 2.21. The van der Waals surface area contributed by atoms with Crippen molar-refractivity contribution in [2.75, 3.05) is 13.1 Å². The minimum absolute atomic E-state index is 0.00334. The van der Waals surface area contributed by atoms with Crippen molar-refractivity contribution >= 4 is 18.1 Å². The Morgan fingerprint density at radius 2 is 1.68 bits per heavy atom. The number of piperidine rings is 1. The van der Waals surface area contributed by atoms with Gasteiger partial charge in [0.2, 0.25) is 0 Å². The second kappa shape index (κ2) is 8.54. The number of likely N-dealkylation sites (tertiary alicyclic amines) is 1. The van der Waals surface area contributed by atoms with Crippen LogP contribution in [0, 0.1) is 4.84 Å². The minimum Gasteiger partial charge on any atom is -0.429 e. The van der Waals surface area contributed by atoms with E-state index in [2.05, 4.69) is 10.2 Å². The van der Waals surface area contributed by atoms with Gasteiger partial charge in [-0.3, -0.25) is 14.3 Å². The fourth-order valence-electron chi connectivity index (χ4n) is 3.50. The number of nitrogens with one attached hydrogen (secondary N) is 1. The molecule has 1 N–H and O–H groups in total. The van der Waals surface area contributed by atoms with Gasteiger partial charge in [-0.25, -0.2) is 0 Å². The Labute approximate surface area is 169 Å². The van der Waals surface area contributed by atoms with E-state index >= 15 is 0 Å². The van der Waals surface area contributed by atoms with E-state index in [9.17, 15) is 4.79 Å². The zero-order valence-corrected chi connectivity index (χ0v) is 16.4. The number of hydrogen-bond acceptors (Lipinski definition) is 4. The quantitative estimate of drug-likeness (QED) is 0.656. The summed E-state index contributed by atoms with van der Waals surface area (Å²) < 4.78 is 7.73. The molecule has 0 radical (unpaired) electrons. The number of nitrogens with zero attached hydrogens (tertiary/aromatic N) is 2. The molecule has 1 saturated heterocycles. The van der Waals surface area contributed by atoms with Crippen LogP contribution in [0.25, 0.3) is 11.3 Å². The molecule has 0 saturated carbocycles. The topological polar surface area (TPSA) is 50.4 Å². The summed E-state index contributed by atoms with van der Waals surface area (Å²) in [4.78, 5) is 15.1. The van der Waals surface area contributed by atoms with Gasteiger partial charge in [0, 0.05) is 30.3 Å². The highest BCUT2D eigenvalue weighted by atomic mass is 32.1. The number of carbonyl (C=O) groups is 1. The summed E-state index contributed by atoms with van der Waals surface area (Å²) in [6, 6.07) is 19.6. The predicted octanol–water partition coefficient (Wildman–Crippen LogP) is 4.33. The first-order valence-electron chi connectivity index (χ1n) is 9.53. The van der Waals surface area contributed by atoms with Crippen LogP contribution in [0.5, 0.6) is 0 Å². The van der Waals surface area contributed by atoms with Crippen molar-refractivity contribution in [2.45, 2.75) is 25.6 Å². The molecule has 6 heteroatoms. The van der Waals surface area contributed by atoms with Crippen LogP contribution >= 0.6 is 12.2 Å². The predicted molar refractivity (Wildman–Crippen MR) is 111 cm³/mol. The fraction of sp³-hybridized carbons (Fsp3) is 0.273. The molecule has 1 amide bonds. The summed E-state index contributed by atoms with van der Waals surface area (Å²) in [5.41, 5.74) is 1.73. The van der Waals surface area contributed by atoms with Crippen LogP contribution in [0.2, 0.25) is 0 Å². The summed E-state index contributed by atoms with van der Waals surface area (Å²) in [7, 11) is 0. The highest BCUT2D eigenvalue weighted by molar-refractivity contribution is 7.71. The van der Waals surface area contributed by atoms with E-state index in [-0.39, 0.29) is 11.9 Å². The van der Waals surface area contributed by atoms with Crippen molar-refractivity contribution in [2.24, 2.45) is 0 Å². The third-order valence-electron chi connectivity index (χ3n) is 5.07. The molecule has 0 atom stereocenters. The number of amides is 1. The molecule has 144 valence electrons. The Kier molecular flexibility index (Phi) is 5.69. The Hall–Kier alpha value is -2.70. The van der Waals surface area contributed by atoms with Crippen LogP contribution < -0.4 is 5.32 Å². The number of rotatable bonds is 5. The van der Waals surface area contributed by atoms with Gasteiger partial charge >= 0.3 is 0 Å². The standard InChI is InChI=1S/C22H23N3O2S/c26-21(18-9-5-2-6-10-18)23-19-11-13-24(14-12-19)16-25-15-20(27-22(25)28)17-7-3-1-4-8-17/h1-10,15,19H,11-14,16H2,(H,23,26). The summed E-state index contributed by atoms with van der Waals surface area (Å²) in [5.74, 6) is 0.791. The summed E-state index contributed by atoms with van der Waals surface area (Å²) in [5, 5.41) is 3.15. The first-order chi connectivity index (χ1) is 13.7. The average Bonchev–Trinajstić information content (AvgIpc) is 3.11. The van der Waals surface area contributed by atoms with Gasteiger partial charge in [0.25, 0.3) is 10.7 Å². The third kappa shape index (κ3) is 4.40. The van der Waals surface area contributed by atoms with Gasteiger partial charge in [0.15, 0.2) is 5.76 Å². The van der Waals surface area contributed by atoms with Gasteiger partial charge in [0.05, 0.1) is 12.9 Å². The summed E-state index contributed by atoms with van der Waals surface area (Å²) in [6.45, 7) is 2.52. The molecule has 4 rings (SSSR count). The Morgan fingerprint density at radius 1 is 1.04 bits per heavy atom. The second-order valence-corrected chi connectivity index (χ2v) is 7.42. The first-order valence-corrected chi connectivity index (χ1v) is 9.94. The summed E-state index contributed by atoms with van der Waals surface area (Å²) in [6.07, 6.45) is 3.82. The van der Waals surface area contributed by atoms with Gasteiger partial charge < -0.3 is 9.73 Å². The molecule has 0 aliphatic carbocycles. The van der Waals surface area contributed by atoms with Crippen LogP contribution in [0.1, 0.15) is 23.2 Å². The van der Waals surface area contributed by atoms with Crippen molar-refractivity contribution < 1.29 is 9.21 Å². The van der Waals surface area contributed by atoms with E-state index in [1.54, 1.807) is 0 Å². The maximum atomic E-state index is 12.3. The molecule has 0 bridgehead atoms. The van der Waals surface area contributed by atoms with Crippen LogP contribution in [0.3, 0.4) is 0 Å². The molecule has 1 aliphatic rings. The van der Waals surface area contributed by atoms with E-state index < -0.39 is 0 Å². The lowest BCUT2D eigenvalue weighted by molar-refractivity contribution is 0.0898. The first kappa shape index (κ1) is 18.7. The van der Waals surface area contributed by atoms with Crippen LogP contribution in [0.4, 0.5) is 0 Å². The molecule has 1 aliphatic heterocycles. The summed E-state index contributed by atoms with van der Waals surface area (Å²) >= 11 is 5.39. The van der Waals surface area contributed by atoms with Crippen LogP contribution in [0.15, 0.2) is 71.3 Å². The van der Waals surface area contributed by atoms with Gasteiger partial charge in [-0.1, -0.05) is 48.5 Å². The minimum atomic E-state index is 0.00334. The molecule has 3 aromatic rings. The lowest BCUT2D eigenvalue weighted by Crippen LogP contribution is -2.44. The molecule has 0 unspecified atom stereocenters. The zero-order chi connectivity index (χ0) is 19.3. The molecule has 2 heterocycles. The average molecular weight is 394 g/mol. The van der Waals surface area contributed by atoms with Gasteiger partial charge in [-0.2, -0.15) is 0 Å². The molecule has 5 nitrogen and oxygen atoms in total. The molecule has 0 spiro atoms. The van der Waals surface area contributed by atoms with E-state index in [1.807, 2.05) is 71.4 Å². The highest BCUT2D eigenvalue weighted by Gasteiger charge is 2.21. The van der Waals surface area contributed by atoms with Crippen molar-refractivity contribution in [3.05, 3.63) is 77.3 Å². The maximum absolute atomic E-state index is 12.3. The number of oxazole rings is 1. The van der Waals surface area contributed by atoms with Crippen LogP contribution in [-0.2, 0) is 6.67 Å². The lowest BCUT2D eigenvalue weighted by Gasteiger charge is -2.32. The largest absolute Gasteiger partial charge is 0.429 e. The van der Waals surface area contributed by atoms with Gasteiger partial charge in [-0.15, -0.1) is 0 Å². The smallest absolute Gasteiger partial charge is 0.270 e. The second-order valence-electron chi connectivity index (χ2n) is 7.07. The van der Waals surface area contributed by atoms with E-state index in [1.165, 1.54) is 0 Å². The zero-order valence-electron chi connectivity index (χ0n) is 15.6. The van der Waals surface area contributed by atoms with Crippen molar-refractivity contribution in [3.63, 3.8) is 0 Å². The maximum Gasteiger partial charge on any atom is 0.270 e. The molecule has 28 heavy (non-hydrogen) atoms. The number of hydrogen-bond donors (Lipinski definition) is 1. The van der Waals surface area contributed by atoms with Gasteiger partial charge in [-0.05, 0) is 37.2 Å². The number of carbonyl (C=O) groups excluding carboxylic acids is 1. The Balaban J connectivity index is 1.32. The third-order valence-corrected chi connectivity index (χ3v) is 5.39. The molecular formula is C22H23N3O2S. The van der Waals surface area contributed by atoms with Crippen molar-refractivity contribution in [3.8, 4) is 11.3 Å². The fourth-order valence-corrected chi connectivity index (χ4v) is 3.70. The monoisotopic (exact) mass is 393 g/mol. The van der Waals surface area contributed by atoms with Crippen molar-refractivity contribution in [1.82, 2.24) is 14.8 Å². The number of benzene rings is 2. The molecule has 2 aromatic carbocycles. The Bertz CT molecular complexity index is 974. The van der Waals surface area contributed by atoms with Crippen LogP contribution in [-0.4, -0.2) is 34.5 Å². The number of aromatic nitrogens is 1. The van der Waals surface area contributed by atoms with E-state index in [0.717, 1.165) is 37.3 Å². The Morgan fingerprint density at radius 3 is 2.36 bits per heavy atom. The SMILES string of the molecule is O=C(NC1CCN(Cn2cc(-c3ccccc3)oc2=S)CC1)c1ccccc1. The van der Waals surface area contributed by atoms with Gasteiger partial charge in [0.1, 0.15) is 0 Å². The van der Waals surface area contributed by atoms with E-state index in [4.69, 9.17) is 16.6 Å². The molecular weight excluding hydrogens is 370 g/mol. The molecule has 1 aromatic heterocycles. The molecule has 1 fully saturated rings.